The van der Waals surface area contributed by atoms with Crippen LogP contribution in [0.15, 0.2) is 11.6 Å². The summed E-state index contributed by atoms with van der Waals surface area (Å²) in [5.41, 5.74) is 1.47. The van der Waals surface area contributed by atoms with Crippen molar-refractivity contribution in [2.24, 2.45) is 40.4 Å². The molecule has 0 aromatic carbocycles. The molecule has 5 rings (SSSR count). The van der Waals surface area contributed by atoms with Gasteiger partial charge in [0.1, 0.15) is 0 Å². The van der Waals surface area contributed by atoms with Crippen LogP contribution in [0.5, 0.6) is 0 Å². The van der Waals surface area contributed by atoms with E-state index in [2.05, 4.69) is 50.4 Å². The fourth-order valence-electron chi connectivity index (χ4n) is 9.42. The van der Waals surface area contributed by atoms with Gasteiger partial charge in [0.2, 0.25) is 0 Å². The molecule has 1 spiro atoms. The van der Waals surface area contributed by atoms with Crippen molar-refractivity contribution in [2.75, 3.05) is 11.5 Å². The molecule has 4 fully saturated rings. The standard InChI is InChI=1S/C29H48O3S2/c1-18-20-10-9-19-21(27(20,4)15-12-23(18)30)11-14-28(5)22(8-6-7-13-26(2,3)32)25(31)29(24(19)28)33-16-17-34-29/h11,18-20,22-25,30-32H,6-10,12-17H2,1-5H3/t18-,19?,20?,22?,23+,24?,25+,27+,28-/m1/s1. The van der Waals surface area contributed by atoms with Gasteiger partial charge in [-0.15, -0.1) is 23.5 Å². The molecule has 1 heterocycles. The van der Waals surface area contributed by atoms with Crippen LogP contribution >= 0.6 is 23.5 Å². The highest BCUT2D eigenvalue weighted by Gasteiger charge is 2.70. The Kier molecular flexibility index (Phi) is 6.84. The highest BCUT2D eigenvalue weighted by molar-refractivity contribution is 8.21. The van der Waals surface area contributed by atoms with Crippen molar-refractivity contribution in [1.82, 2.24) is 0 Å². The summed E-state index contributed by atoms with van der Waals surface area (Å²) in [6.07, 6.45) is 11.9. The molecule has 3 N–H and O–H groups in total. The van der Waals surface area contributed by atoms with Crippen LogP contribution in [0.2, 0.25) is 0 Å². The molecule has 34 heavy (non-hydrogen) atoms. The third-order valence-corrected chi connectivity index (χ3v) is 14.8. The van der Waals surface area contributed by atoms with E-state index in [0.29, 0.717) is 29.6 Å². The van der Waals surface area contributed by atoms with Crippen molar-refractivity contribution < 1.29 is 15.3 Å². The van der Waals surface area contributed by atoms with Crippen LogP contribution in [0.4, 0.5) is 0 Å². The van der Waals surface area contributed by atoms with Gasteiger partial charge < -0.3 is 15.3 Å². The number of aliphatic hydroxyl groups is 3. The van der Waals surface area contributed by atoms with Crippen LogP contribution in [0.25, 0.3) is 0 Å². The van der Waals surface area contributed by atoms with Crippen molar-refractivity contribution in [3.8, 4) is 0 Å². The largest absolute Gasteiger partial charge is 0.393 e. The van der Waals surface area contributed by atoms with Crippen molar-refractivity contribution in [1.29, 1.82) is 0 Å². The van der Waals surface area contributed by atoms with Gasteiger partial charge in [-0.25, -0.2) is 0 Å². The van der Waals surface area contributed by atoms with Crippen LogP contribution < -0.4 is 0 Å². The van der Waals surface area contributed by atoms with Gasteiger partial charge in [-0.1, -0.05) is 45.3 Å². The SMILES string of the molecule is C[C@@H]1C2CCC3C(=CC[C@]4(C)C(CCCCC(C)(C)O)[C@H](O)C5(SCCS5)C34)[C@@]2(C)CC[C@@H]1O. The van der Waals surface area contributed by atoms with Crippen molar-refractivity contribution >= 4 is 23.5 Å². The lowest BCUT2D eigenvalue weighted by Crippen LogP contribution is -2.53. The average molecular weight is 509 g/mol. The van der Waals surface area contributed by atoms with E-state index >= 15 is 0 Å². The van der Waals surface area contributed by atoms with E-state index in [4.69, 9.17) is 0 Å². The summed E-state index contributed by atoms with van der Waals surface area (Å²) >= 11 is 4.17. The fourth-order valence-corrected chi connectivity index (χ4v) is 13.5. The second-order valence-corrected chi connectivity index (χ2v) is 16.6. The number of aliphatic hydroxyl groups excluding tert-OH is 2. The zero-order chi connectivity index (χ0) is 24.5. The van der Waals surface area contributed by atoms with Gasteiger partial charge in [-0.2, -0.15) is 0 Å². The zero-order valence-corrected chi connectivity index (χ0v) is 23.7. The first kappa shape index (κ1) is 25.9. The highest BCUT2D eigenvalue weighted by atomic mass is 32.2. The van der Waals surface area contributed by atoms with Gasteiger partial charge in [0.05, 0.1) is 21.9 Å². The summed E-state index contributed by atoms with van der Waals surface area (Å²) in [5, 5.41) is 32.8. The van der Waals surface area contributed by atoms with E-state index < -0.39 is 5.60 Å². The van der Waals surface area contributed by atoms with Gasteiger partial charge in [-0.3, -0.25) is 0 Å². The number of thioether (sulfide) groups is 2. The van der Waals surface area contributed by atoms with Crippen LogP contribution in [0.3, 0.4) is 0 Å². The maximum atomic E-state index is 12.0. The molecule has 0 aromatic heterocycles. The maximum Gasteiger partial charge on any atom is 0.0911 e. The van der Waals surface area contributed by atoms with Crippen molar-refractivity contribution in [3.63, 3.8) is 0 Å². The Morgan fingerprint density at radius 1 is 1.06 bits per heavy atom. The quantitative estimate of drug-likeness (QED) is 0.302. The number of hydrogen-bond acceptors (Lipinski definition) is 5. The van der Waals surface area contributed by atoms with Crippen molar-refractivity contribution in [2.45, 2.75) is 114 Å². The molecule has 9 atom stereocenters. The minimum Gasteiger partial charge on any atom is -0.393 e. The number of hydrogen-bond donors (Lipinski definition) is 3. The summed E-state index contributed by atoms with van der Waals surface area (Å²) in [6.45, 7) is 11.1. The van der Waals surface area contributed by atoms with E-state index in [1.54, 1.807) is 5.57 Å². The highest BCUT2D eigenvalue weighted by Crippen LogP contribution is 2.74. The monoisotopic (exact) mass is 508 g/mol. The molecule has 1 aliphatic heterocycles. The first-order chi connectivity index (χ1) is 15.9. The Balaban J connectivity index is 1.46. The summed E-state index contributed by atoms with van der Waals surface area (Å²) in [6, 6.07) is 0. The summed E-state index contributed by atoms with van der Waals surface area (Å²) in [7, 11) is 0. The normalized spacial score (nSPS) is 47.8. The lowest BCUT2D eigenvalue weighted by molar-refractivity contribution is -0.0530. The molecule has 5 heteroatoms. The van der Waals surface area contributed by atoms with Gasteiger partial charge in [0, 0.05) is 11.5 Å². The summed E-state index contributed by atoms with van der Waals surface area (Å²) < 4.78 is -0.0527. The van der Waals surface area contributed by atoms with E-state index in [0.717, 1.165) is 56.5 Å². The minimum atomic E-state index is -0.597. The molecule has 5 aliphatic rings. The van der Waals surface area contributed by atoms with Crippen LogP contribution in [0.1, 0.15) is 92.4 Å². The van der Waals surface area contributed by atoms with Gasteiger partial charge in [-0.05, 0) is 99.2 Å². The molecule has 3 saturated carbocycles. The summed E-state index contributed by atoms with van der Waals surface area (Å²) in [4.78, 5) is 0. The van der Waals surface area contributed by atoms with Crippen LogP contribution in [0, 0.1) is 40.4 Å². The lowest BCUT2D eigenvalue weighted by Gasteiger charge is -2.59. The molecule has 4 aliphatic carbocycles. The average Bonchev–Trinajstić information content (AvgIpc) is 3.31. The third kappa shape index (κ3) is 3.89. The van der Waals surface area contributed by atoms with E-state index in [9.17, 15) is 15.3 Å². The lowest BCUT2D eigenvalue weighted by atomic mass is 9.47. The Bertz CT molecular complexity index is 800. The molecular weight excluding hydrogens is 460 g/mol. The number of rotatable bonds is 5. The van der Waals surface area contributed by atoms with E-state index in [-0.39, 0.29) is 27.1 Å². The minimum absolute atomic E-state index is 0.0527. The van der Waals surface area contributed by atoms with Crippen LogP contribution in [-0.2, 0) is 0 Å². The Labute approximate surface area is 216 Å². The predicted molar refractivity (Wildman–Crippen MR) is 145 cm³/mol. The smallest absolute Gasteiger partial charge is 0.0911 e. The fraction of sp³-hybridized carbons (Fsp3) is 0.931. The maximum absolute atomic E-state index is 12.0. The predicted octanol–water partition coefficient (Wildman–Crippen LogP) is 6.26. The molecule has 4 unspecified atom stereocenters. The van der Waals surface area contributed by atoms with Gasteiger partial charge >= 0.3 is 0 Å². The number of allylic oxidation sites excluding steroid dienone is 2. The van der Waals surface area contributed by atoms with Gasteiger partial charge in [0.25, 0.3) is 0 Å². The summed E-state index contributed by atoms with van der Waals surface area (Å²) in [5.74, 6) is 4.75. The van der Waals surface area contributed by atoms with E-state index in [1.807, 2.05) is 13.8 Å². The molecular formula is C29H48O3S2. The van der Waals surface area contributed by atoms with Crippen LogP contribution in [-0.4, -0.2) is 48.7 Å². The first-order valence-electron chi connectivity index (χ1n) is 14.0. The number of unbranched alkanes of at least 4 members (excludes halogenated alkanes) is 1. The molecule has 0 aromatic rings. The molecule has 0 bridgehead atoms. The van der Waals surface area contributed by atoms with Gasteiger partial charge in [0.15, 0.2) is 0 Å². The first-order valence-corrected chi connectivity index (χ1v) is 16.0. The second kappa shape index (κ2) is 8.96. The third-order valence-electron chi connectivity index (χ3n) is 11.1. The van der Waals surface area contributed by atoms with E-state index in [1.165, 1.54) is 12.8 Å². The molecule has 1 saturated heterocycles. The van der Waals surface area contributed by atoms with Crippen molar-refractivity contribution in [3.05, 3.63) is 11.6 Å². The zero-order valence-electron chi connectivity index (χ0n) is 22.1. The molecule has 0 radical (unpaired) electrons. The second-order valence-electron chi connectivity index (χ2n) is 13.5. The molecule has 3 nitrogen and oxygen atoms in total. The molecule has 194 valence electrons. The number of fused-ring (bicyclic) bond motifs is 6. The Morgan fingerprint density at radius 2 is 1.76 bits per heavy atom. The Morgan fingerprint density at radius 3 is 2.44 bits per heavy atom. The topological polar surface area (TPSA) is 60.7 Å². The molecule has 0 amide bonds. The Hall–Kier alpha value is 0.320.